The van der Waals surface area contributed by atoms with Crippen LogP contribution in [0.25, 0.3) is 0 Å². The van der Waals surface area contributed by atoms with E-state index in [1.165, 1.54) is 64.2 Å². The van der Waals surface area contributed by atoms with Gasteiger partial charge in [-0.05, 0) is 60.7 Å². The van der Waals surface area contributed by atoms with Crippen molar-refractivity contribution in [1.29, 1.82) is 0 Å². The molecule has 1 aliphatic rings. The Morgan fingerprint density at radius 2 is 1.68 bits per heavy atom. The first-order valence-corrected chi connectivity index (χ1v) is 10.4. The third-order valence-electron chi connectivity index (χ3n) is 7.14. The van der Waals surface area contributed by atoms with Crippen molar-refractivity contribution >= 4 is 0 Å². The SMILES string of the molecule is CCCCC1(C(C)(CCC)CCC(C)C(C)C)CC1CCC. The van der Waals surface area contributed by atoms with Crippen LogP contribution in [-0.4, -0.2) is 0 Å². The van der Waals surface area contributed by atoms with Gasteiger partial charge in [0.25, 0.3) is 0 Å². The summed E-state index contributed by atoms with van der Waals surface area (Å²) >= 11 is 0. The highest BCUT2D eigenvalue weighted by atomic mass is 14.7. The monoisotopic (exact) mass is 308 g/mol. The fourth-order valence-electron chi connectivity index (χ4n) is 5.00. The molecule has 0 aliphatic heterocycles. The molecule has 1 aliphatic carbocycles. The van der Waals surface area contributed by atoms with Gasteiger partial charge in [-0.2, -0.15) is 0 Å². The Morgan fingerprint density at radius 1 is 1.00 bits per heavy atom. The lowest BCUT2D eigenvalue weighted by Gasteiger charge is -2.41. The van der Waals surface area contributed by atoms with E-state index in [1.54, 1.807) is 0 Å². The van der Waals surface area contributed by atoms with Crippen molar-refractivity contribution in [3.8, 4) is 0 Å². The van der Waals surface area contributed by atoms with E-state index in [2.05, 4.69) is 48.5 Å². The molecule has 0 heteroatoms. The van der Waals surface area contributed by atoms with E-state index in [1.807, 2.05) is 0 Å². The number of unbranched alkanes of at least 4 members (excludes halogenated alkanes) is 1. The zero-order valence-electron chi connectivity index (χ0n) is 16.8. The lowest BCUT2D eigenvalue weighted by Crippen LogP contribution is -2.32. The van der Waals surface area contributed by atoms with Crippen molar-refractivity contribution in [3.63, 3.8) is 0 Å². The van der Waals surface area contributed by atoms with Crippen molar-refractivity contribution < 1.29 is 0 Å². The average Bonchev–Trinajstić information content (AvgIpc) is 3.18. The van der Waals surface area contributed by atoms with E-state index in [4.69, 9.17) is 0 Å². The Hall–Kier alpha value is 0. The van der Waals surface area contributed by atoms with Crippen LogP contribution in [0.3, 0.4) is 0 Å². The normalized spacial score (nSPS) is 28.6. The van der Waals surface area contributed by atoms with Crippen molar-refractivity contribution in [2.45, 2.75) is 113 Å². The molecule has 0 aromatic rings. The molecule has 22 heavy (non-hydrogen) atoms. The van der Waals surface area contributed by atoms with E-state index in [0.717, 1.165) is 17.8 Å². The topological polar surface area (TPSA) is 0 Å². The second-order valence-corrected chi connectivity index (χ2v) is 9.02. The third kappa shape index (κ3) is 4.51. The molecule has 0 saturated heterocycles. The Labute approximate surface area is 141 Å². The molecule has 0 nitrogen and oxygen atoms in total. The maximum Gasteiger partial charge on any atom is -0.0212 e. The van der Waals surface area contributed by atoms with Crippen LogP contribution in [0.15, 0.2) is 0 Å². The van der Waals surface area contributed by atoms with Crippen molar-refractivity contribution in [2.24, 2.45) is 28.6 Å². The highest BCUT2D eigenvalue weighted by Gasteiger charge is 2.61. The molecule has 1 saturated carbocycles. The zero-order chi connectivity index (χ0) is 16.8. The Bertz CT molecular complexity index is 305. The summed E-state index contributed by atoms with van der Waals surface area (Å²) in [6.45, 7) is 17.1. The van der Waals surface area contributed by atoms with Crippen molar-refractivity contribution in [1.82, 2.24) is 0 Å². The average molecular weight is 309 g/mol. The first kappa shape index (κ1) is 20.0. The van der Waals surface area contributed by atoms with Crippen LogP contribution < -0.4 is 0 Å². The lowest BCUT2D eigenvalue weighted by atomic mass is 9.64. The van der Waals surface area contributed by atoms with Crippen molar-refractivity contribution in [3.05, 3.63) is 0 Å². The van der Waals surface area contributed by atoms with Crippen LogP contribution in [0.5, 0.6) is 0 Å². The maximum absolute atomic E-state index is 2.66. The number of hydrogen-bond donors (Lipinski definition) is 0. The van der Waals surface area contributed by atoms with Gasteiger partial charge < -0.3 is 0 Å². The Balaban J connectivity index is 2.83. The van der Waals surface area contributed by atoms with Gasteiger partial charge in [-0.3, -0.25) is 0 Å². The molecular weight excluding hydrogens is 264 g/mol. The van der Waals surface area contributed by atoms with Gasteiger partial charge in [-0.25, -0.2) is 0 Å². The van der Waals surface area contributed by atoms with Gasteiger partial charge in [-0.15, -0.1) is 0 Å². The molecule has 0 aromatic heterocycles. The van der Waals surface area contributed by atoms with Gasteiger partial charge in [-0.1, -0.05) is 80.6 Å². The molecule has 4 unspecified atom stereocenters. The molecule has 132 valence electrons. The van der Waals surface area contributed by atoms with E-state index < -0.39 is 0 Å². The van der Waals surface area contributed by atoms with Crippen LogP contribution in [0, 0.1) is 28.6 Å². The lowest BCUT2D eigenvalue weighted by molar-refractivity contribution is 0.0866. The molecule has 0 radical (unpaired) electrons. The largest absolute Gasteiger partial charge is 0.0654 e. The minimum absolute atomic E-state index is 0.597. The first-order chi connectivity index (χ1) is 10.4. The van der Waals surface area contributed by atoms with Crippen LogP contribution in [0.2, 0.25) is 0 Å². The second kappa shape index (κ2) is 8.74. The summed E-state index contributed by atoms with van der Waals surface area (Å²) in [6, 6.07) is 0. The highest BCUT2D eigenvalue weighted by molar-refractivity contribution is 5.10. The predicted octanol–water partition coefficient (Wildman–Crippen LogP) is 7.86. The standard InChI is InChI=1S/C22H44/c1-8-11-15-22(17-20(22)12-9-2)21(7,14-10-3)16-13-19(6)18(4)5/h18-20H,8-17H2,1-7H3. The van der Waals surface area contributed by atoms with Crippen LogP contribution in [0.1, 0.15) is 113 Å². The maximum atomic E-state index is 2.66. The summed E-state index contributed by atoms with van der Waals surface area (Å²) in [7, 11) is 0. The molecule has 0 spiro atoms. The summed E-state index contributed by atoms with van der Waals surface area (Å²) in [5.41, 5.74) is 1.30. The number of rotatable bonds is 12. The minimum atomic E-state index is 0.597. The molecule has 0 N–H and O–H groups in total. The van der Waals surface area contributed by atoms with Gasteiger partial charge in [0.1, 0.15) is 0 Å². The van der Waals surface area contributed by atoms with Gasteiger partial charge >= 0.3 is 0 Å². The van der Waals surface area contributed by atoms with E-state index in [0.29, 0.717) is 10.8 Å². The Kier molecular flexibility index (Phi) is 7.96. The first-order valence-electron chi connectivity index (χ1n) is 10.4. The number of hydrogen-bond acceptors (Lipinski definition) is 0. The second-order valence-electron chi connectivity index (χ2n) is 9.02. The zero-order valence-corrected chi connectivity index (χ0v) is 16.8. The van der Waals surface area contributed by atoms with E-state index in [-0.39, 0.29) is 0 Å². The third-order valence-corrected chi connectivity index (χ3v) is 7.14. The quantitative estimate of drug-likeness (QED) is 0.344. The van der Waals surface area contributed by atoms with E-state index in [9.17, 15) is 0 Å². The van der Waals surface area contributed by atoms with Crippen molar-refractivity contribution in [2.75, 3.05) is 0 Å². The van der Waals surface area contributed by atoms with Gasteiger partial charge in [0.05, 0.1) is 0 Å². The smallest absolute Gasteiger partial charge is 0.0212 e. The molecule has 1 rings (SSSR count). The van der Waals surface area contributed by atoms with E-state index >= 15 is 0 Å². The fraction of sp³-hybridized carbons (Fsp3) is 1.00. The molecule has 0 bridgehead atoms. The predicted molar refractivity (Wildman–Crippen MR) is 101 cm³/mol. The summed E-state index contributed by atoms with van der Waals surface area (Å²) in [5, 5.41) is 0. The van der Waals surface area contributed by atoms with Crippen LogP contribution >= 0.6 is 0 Å². The summed E-state index contributed by atoms with van der Waals surface area (Å²) in [5.74, 6) is 2.75. The molecule has 0 amide bonds. The highest BCUT2D eigenvalue weighted by Crippen LogP contribution is 2.70. The molecule has 1 fully saturated rings. The van der Waals surface area contributed by atoms with Crippen LogP contribution in [-0.2, 0) is 0 Å². The molecular formula is C22H44. The minimum Gasteiger partial charge on any atom is -0.0654 e. The molecule has 4 atom stereocenters. The summed E-state index contributed by atoms with van der Waals surface area (Å²) < 4.78 is 0. The van der Waals surface area contributed by atoms with Gasteiger partial charge in [0.15, 0.2) is 0 Å². The van der Waals surface area contributed by atoms with Crippen LogP contribution in [0.4, 0.5) is 0 Å². The van der Waals surface area contributed by atoms with Gasteiger partial charge in [0.2, 0.25) is 0 Å². The molecule has 0 aromatic carbocycles. The Morgan fingerprint density at radius 3 is 2.18 bits per heavy atom. The summed E-state index contributed by atoms with van der Waals surface area (Å²) in [6.07, 6.45) is 14.4. The van der Waals surface area contributed by atoms with Gasteiger partial charge in [0, 0.05) is 0 Å². The molecule has 0 heterocycles. The summed E-state index contributed by atoms with van der Waals surface area (Å²) in [4.78, 5) is 0. The fourth-order valence-corrected chi connectivity index (χ4v) is 5.00.